The number of aromatic nitrogens is 3. The zero-order chi connectivity index (χ0) is 16.9. The molecule has 0 atom stereocenters. The molecule has 0 aliphatic carbocycles. The Morgan fingerprint density at radius 3 is 2.42 bits per heavy atom. The molecule has 24 heavy (non-hydrogen) atoms. The minimum absolute atomic E-state index is 0.131. The lowest BCUT2D eigenvalue weighted by Gasteiger charge is -2.28. The Morgan fingerprint density at radius 2 is 1.62 bits per heavy atom. The van der Waals surface area contributed by atoms with Crippen LogP contribution in [-0.4, -0.2) is 26.4 Å². The van der Waals surface area contributed by atoms with Crippen LogP contribution >= 0.6 is 0 Å². The number of hydrogen-bond donors (Lipinski definition) is 0. The average Bonchev–Trinajstić information content (AvgIpc) is 2.56. The lowest BCUT2D eigenvalue weighted by Crippen LogP contribution is -2.32. The van der Waals surface area contributed by atoms with E-state index in [2.05, 4.69) is 20.2 Å². The van der Waals surface area contributed by atoms with Crippen LogP contribution in [0.25, 0.3) is 11.0 Å². The third-order valence-corrected chi connectivity index (χ3v) is 4.04. The fourth-order valence-electron chi connectivity index (χ4n) is 3.00. The van der Waals surface area contributed by atoms with Gasteiger partial charge in [0.05, 0.1) is 11.1 Å². The Labute approximate surface area is 137 Å². The molecule has 0 fully saturated rings. The predicted molar refractivity (Wildman–Crippen MR) is 87.1 cm³/mol. The summed E-state index contributed by atoms with van der Waals surface area (Å²) in [6.45, 7) is 3.74. The van der Waals surface area contributed by atoms with E-state index in [0.717, 1.165) is 12.1 Å². The Bertz CT molecular complexity index is 995. The highest BCUT2D eigenvalue weighted by molar-refractivity contribution is 6.13. The Kier molecular flexibility index (Phi) is 3.16. The van der Waals surface area contributed by atoms with Crippen molar-refractivity contribution < 1.29 is 8.78 Å². The van der Waals surface area contributed by atoms with Crippen molar-refractivity contribution in [3.63, 3.8) is 0 Å². The van der Waals surface area contributed by atoms with Crippen LogP contribution in [0.2, 0.25) is 0 Å². The summed E-state index contributed by atoms with van der Waals surface area (Å²) in [6.07, 6.45) is 0.316. The molecule has 0 N–H and O–H groups in total. The maximum absolute atomic E-state index is 14.4. The molecule has 0 saturated heterocycles. The quantitative estimate of drug-likeness (QED) is 0.688. The summed E-state index contributed by atoms with van der Waals surface area (Å²) in [5, 5.41) is 8.20. The molecule has 1 aliphatic rings. The second-order valence-corrected chi connectivity index (χ2v) is 6.46. The van der Waals surface area contributed by atoms with Crippen molar-refractivity contribution >= 4 is 16.7 Å². The van der Waals surface area contributed by atoms with Crippen LogP contribution in [0.1, 0.15) is 30.8 Å². The number of benzene rings is 2. The zero-order valence-electron chi connectivity index (χ0n) is 13.2. The van der Waals surface area contributed by atoms with Gasteiger partial charge in [-0.1, -0.05) is 12.1 Å². The van der Waals surface area contributed by atoms with Gasteiger partial charge < -0.3 is 0 Å². The first kappa shape index (κ1) is 14.8. The van der Waals surface area contributed by atoms with Gasteiger partial charge in [0.25, 0.3) is 0 Å². The number of rotatable bonds is 1. The van der Waals surface area contributed by atoms with Crippen LogP contribution < -0.4 is 0 Å². The molecule has 4 rings (SSSR count). The summed E-state index contributed by atoms with van der Waals surface area (Å²) in [5.41, 5.74) is 1.37. The van der Waals surface area contributed by atoms with Gasteiger partial charge in [-0.2, -0.15) is 0 Å². The summed E-state index contributed by atoms with van der Waals surface area (Å²) in [5.74, 6) is -0.773. The van der Waals surface area contributed by atoms with Crippen LogP contribution in [0.15, 0.2) is 41.4 Å². The highest BCUT2D eigenvalue weighted by Crippen LogP contribution is 2.32. The molecular weight excluding hydrogens is 310 g/mol. The van der Waals surface area contributed by atoms with Crippen LogP contribution in [0.3, 0.4) is 0 Å². The van der Waals surface area contributed by atoms with Crippen LogP contribution in [0, 0.1) is 11.6 Å². The number of aliphatic imine (C=N–C) groups is 1. The number of halogens is 2. The van der Waals surface area contributed by atoms with Gasteiger partial charge in [-0.05, 0) is 38.1 Å². The van der Waals surface area contributed by atoms with Crippen LogP contribution in [0.4, 0.5) is 8.78 Å². The molecule has 2 heterocycles. The Balaban J connectivity index is 1.99. The normalized spacial score (nSPS) is 15.9. The van der Waals surface area contributed by atoms with Gasteiger partial charge in [0.2, 0.25) is 5.82 Å². The zero-order valence-corrected chi connectivity index (χ0v) is 13.2. The number of hydrogen-bond acceptors (Lipinski definition) is 4. The van der Waals surface area contributed by atoms with E-state index in [-0.39, 0.29) is 17.1 Å². The third-order valence-electron chi connectivity index (χ3n) is 4.04. The Hall–Kier alpha value is -2.76. The predicted octanol–water partition coefficient (Wildman–Crippen LogP) is 3.48. The average molecular weight is 324 g/mol. The standard InChI is InChI=1S/C18H14F2N4/c1-18(2)9-10-11(19)7-8-12(20)15(10)16(22-18)17-21-13-5-3-4-6-14(13)23-24-17/h3-8H,9H2,1-2H3. The molecule has 0 amide bonds. The van der Waals surface area contributed by atoms with E-state index in [9.17, 15) is 8.78 Å². The first-order valence-electron chi connectivity index (χ1n) is 7.61. The van der Waals surface area contributed by atoms with E-state index < -0.39 is 17.2 Å². The van der Waals surface area contributed by atoms with Crippen molar-refractivity contribution in [1.29, 1.82) is 0 Å². The smallest absolute Gasteiger partial charge is 0.201 e. The van der Waals surface area contributed by atoms with Gasteiger partial charge >= 0.3 is 0 Å². The first-order valence-corrected chi connectivity index (χ1v) is 7.61. The van der Waals surface area contributed by atoms with Crippen molar-refractivity contribution in [2.45, 2.75) is 25.8 Å². The third kappa shape index (κ3) is 2.35. The minimum atomic E-state index is -0.577. The SMILES string of the molecule is CC1(C)Cc2c(F)ccc(F)c2C(c2nnc3ccccc3n2)=N1. The van der Waals surface area contributed by atoms with Crippen molar-refractivity contribution in [1.82, 2.24) is 15.2 Å². The van der Waals surface area contributed by atoms with Crippen molar-refractivity contribution in [3.8, 4) is 0 Å². The molecule has 1 aromatic heterocycles. The summed E-state index contributed by atoms with van der Waals surface area (Å²) in [7, 11) is 0. The summed E-state index contributed by atoms with van der Waals surface area (Å²) < 4.78 is 28.7. The topological polar surface area (TPSA) is 51.0 Å². The van der Waals surface area contributed by atoms with E-state index in [1.54, 1.807) is 12.1 Å². The lowest BCUT2D eigenvalue weighted by molar-refractivity contribution is 0.484. The second-order valence-electron chi connectivity index (χ2n) is 6.46. The van der Waals surface area contributed by atoms with Crippen molar-refractivity contribution in [2.75, 3.05) is 0 Å². The fourth-order valence-corrected chi connectivity index (χ4v) is 3.00. The summed E-state index contributed by atoms with van der Waals surface area (Å²) in [4.78, 5) is 9.02. The van der Waals surface area contributed by atoms with E-state index in [4.69, 9.17) is 0 Å². The highest BCUT2D eigenvalue weighted by atomic mass is 19.1. The molecule has 120 valence electrons. The van der Waals surface area contributed by atoms with Gasteiger partial charge in [0, 0.05) is 17.5 Å². The molecule has 4 nitrogen and oxygen atoms in total. The molecule has 3 aromatic rings. The number of fused-ring (bicyclic) bond motifs is 2. The molecular formula is C18H14F2N4. The summed E-state index contributed by atoms with van der Waals surface area (Å²) >= 11 is 0. The largest absolute Gasteiger partial charge is 0.274 e. The first-order chi connectivity index (χ1) is 11.4. The maximum Gasteiger partial charge on any atom is 0.201 e. The molecule has 0 radical (unpaired) electrons. The van der Waals surface area contributed by atoms with Gasteiger partial charge in [-0.15, -0.1) is 10.2 Å². The van der Waals surface area contributed by atoms with E-state index in [1.807, 2.05) is 26.0 Å². The number of nitrogens with zero attached hydrogens (tertiary/aromatic N) is 4. The maximum atomic E-state index is 14.4. The molecule has 0 saturated carbocycles. The van der Waals surface area contributed by atoms with Crippen LogP contribution in [0.5, 0.6) is 0 Å². The summed E-state index contributed by atoms with van der Waals surface area (Å²) in [6, 6.07) is 9.51. The van der Waals surface area contributed by atoms with Crippen molar-refractivity contribution in [3.05, 3.63) is 65.0 Å². The molecule has 0 unspecified atom stereocenters. The fraction of sp³-hybridized carbons (Fsp3) is 0.222. The number of para-hydroxylation sites is 1. The van der Waals surface area contributed by atoms with Crippen LogP contribution in [-0.2, 0) is 6.42 Å². The molecule has 0 bridgehead atoms. The van der Waals surface area contributed by atoms with Crippen molar-refractivity contribution in [2.24, 2.45) is 4.99 Å². The van der Waals surface area contributed by atoms with Gasteiger partial charge in [0.1, 0.15) is 22.9 Å². The minimum Gasteiger partial charge on any atom is -0.274 e. The van der Waals surface area contributed by atoms with E-state index >= 15 is 0 Å². The van der Waals surface area contributed by atoms with Gasteiger partial charge in [-0.3, -0.25) is 4.99 Å². The van der Waals surface area contributed by atoms with E-state index in [1.165, 1.54) is 0 Å². The van der Waals surface area contributed by atoms with Gasteiger partial charge in [-0.25, -0.2) is 13.8 Å². The Morgan fingerprint density at radius 1 is 0.917 bits per heavy atom. The molecule has 6 heteroatoms. The lowest BCUT2D eigenvalue weighted by atomic mass is 9.86. The second kappa shape index (κ2) is 5.12. The highest BCUT2D eigenvalue weighted by Gasteiger charge is 2.33. The molecule has 2 aromatic carbocycles. The van der Waals surface area contributed by atoms with E-state index in [0.29, 0.717) is 23.0 Å². The monoisotopic (exact) mass is 324 g/mol. The van der Waals surface area contributed by atoms with Gasteiger partial charge in [0.15, 0.2) is 0 Å². The molecule has 1 aliphatic heterocycles. The molecule has 0 spiro atoms.